The standard InChI is InChI=1S/C21H28F3NO4S/c1-12-8-13(2)18(14(3)9-12)19-17(26)11-16(20(19)27)10-15-4-6-25(7-5-15)30(28,29)21(22,23)24/h8-9,15-16,19-20,27H,4-7,10-11H2,1-3H3. The number of nitrogens with zero attached hydrogens (tertiary/aromatic N) is 1. The van der Waals surface area contributed by atoms with Crippen LogP contribution in [0.3, 0.4) is 0 Å². The third kappa shape index (κ3) is 4.29. The topological polar surface area (TPSA) is 74.7 Å². The maximum atomic E-state index is 12.7. The number of ketones is 1. The van der Waals surface area contributed by atoms with Crippen LogP contribution in [0, 0.1) is 32.6 Å². The summed E-state index contributed by atoms with van der Waals surface area (Å²) < 4.78 is 61.8. The van der Waals surface area contributed by atoms with E-state index in [1.807, 2.05) is 32.9 Å². The number of aliphatic hydroxyl groups excluding tert-OH is 1. The van der Waals surface area contributed by atoms with E-state index in [0.717, 1.165) is 22.3 Å². The molecule has 0 spiro atoms. The Morgan fingerprint density at radius 3 is 2.13 bits per heavy atom. The normalized spacial score (nSPS) is 27.0. The van der Waals surface area contributed by atoms with Gasteiger partial charge < -0.3 is 5.11 Å². The monoisotopic (exact) mass is 447 g/mol. The fourth-order valence-corrected chi connectivity index (χ4v) is 6.15. The van der Waals surface area contributed by atoms with Crippen LogP contribution >= 0.6 is 0 Å². The lowest BCUT2D eigenvalue weighted by Gasteiger charge is -2.33. The summed E-state index contributed by atoms with van der Waals surface area (Å²) in [5, 5.41) is 10.9. The molecule has 1 N–H and O–H groups in total. The summed E-state index contributed by atoms with van der Waals surface area (Å²) in [7, 11) is -5.30. The number of halogens is 3. The van der Waals surface area contributed by atoms with Gasteiger partial charge in [0.25, 0.3) is 0 Å². The van der Waals surface area contributed by atoms with E-state index in [9.17, 15) is 31.5 Å². The van der Waals surface area contributed by atoms with Crippen molar-refractivity contribution in [2.75, 3.05) is 13.1 Å². The second kappa shape index (κ2) is 8.24. The van der Waals surface area contributed by atoms with Crippen molar-refractivity contribution in [1.82, 2.24) is 4.31 Å². The highest BCUT2D eigenvalue weighted by molar-refractivity contribution is 7.90. The summed E-state index contributed by atoms with van der Waals surface area (Å²) in [6.07, 6.45) is 0.488. The molecule has 0 radical (unpaired) electrons. The average molecular weight is 448 g/mol. The van der Waals surface area contributed by atoms with Crippen LogP contribution in [0.4, 0.5) is 13.2 Å². The molecule has 1 aromatic rings. The molecule has 0 bridgehead atoms. The Bertz CT molecular complexity index is 898. The molecule has 2 fully saturated rings. The fraction of sp³-hybridized carbons (Fsp3) is 0.667. The summed E-state index contributed by atoms with van der Waals surface area (Å²) in [6.45, 7) is 5.45. The van der Waals surface area contributed by atoms with Crippen molar-refractivity contribution in [2.24, 2.45) is 11.8 Å². The van der Waals surface area contributed by atoms with Gasteiger partial charge >= 0.3 is 15.5 Å². The predicted molar refractivity (Wildman–Crippen MR) is 106 cm³/mol. The van der Waals surface area contributed by atoms with Crippen LogP contribution in [-0.2, 0) is 14.8 Å². The summed E-state index contributed by atoms with van der Waals surface area (Å²) in [4.78, 5) is 12.7. The van der Waals surface area contributed by atoms with Gasteiger partial charge in [-0.2, -0.15) is 17.5 Å². The lowest BCUT2D eigenvalue weighted by atomic mass is 9.82. The van der Waals surface area contributed by atoms with Crippen molar-refractivity contribution in [3.8, 4) is 0 Å². The van der Waals surface area contributed by atoms with Gasteiger partial charge in [-0.15, -0.1) is 0 Å². The van der Waals surface area contributed by atoms with E-state index in [2.05, 4.69) is 0 Å². The third-order valence-corrected chi connectivity index (χ3v) is 8.16. The highest BCUT2D eigenvalue weighted by Gasteiger charge is 2.51. The van der Waals surface area contributed by atoms with Crippen molar-refractivity contribution in [3.63, 3.8) is 0 Å². The number of benzene rings is 1. The predicted octanol–water partition coefficient (Wildman–Crippen LogP) is 3.60. The van der Waals surface area contributed by atoms with Gasteiger partial charge in [-0.3, -0.25) is 4.79 Å². The molecule has 1 aromatic carbocycles. The number of carbonyl (C=O) groups is 1. The number of Topliss-reactive ketones (excluding diaryl/α,β-unsaturated/α-hetero) is 1. The Morgan fingerprint density at radius 1 is 1.10 bits per heavy atom. The molecule has 0 amide bonds. The molecule has 1 saturated heterocycles. The Labute approximate surface area is 175 Å². The van der Waals surface area contributed by atoms with Crippen molar-refractivity contribution >= 4 is 15.8 Å². The molecular formula is C21H28F3NO4S. The first-order valence-corrected chi connectivity index (χ1v) is 11.6. The second-order valence-corrected chi connectivity index (χ2v) is 10.7. The lowest BCUT2D eigenvalue weighted by Crippen LogP contribution is -2.45. The summed E-state index contributed by atoms with van der Waals surface area (Å²) >= 11 is 0. The van der Waals surface area contributed by atoms with Gasteiger partial charge in [-0.05, 0) is 68.6 Å². The molecule has 3 rings (SSSR count). The Morgan fingerprint density at radius 2 is 1.63 bits per heavy atom. The zero-order valence-electron chi connectivity index (χ0n) is 17.4. The van der Waals surface area contributed by atoms with Gasteiger partial charge in [0, 0.05) is 19.5 Å². The van der Waals surface area contributed by atoms with E-state index in [-0.39, 0.29) is 37.1 Å². The number of aliphatic hydroxyl groups is 1. The van der Waals surface area contributed by atoms with Gasteiger partial charge in [0.1, 0.15) is 5.78 Å². The maximum Gasteiger partial charge on any atom is 0.511 e. The Balaban J connectivity index is 1.67. The minimum absolute atomic E-state index is 0.0142. The molecule has 9 heteroatoms. The minimum Gasteiger partial charge on any atom is -0.392 e. The molecule has 3 unspecified atom stereocenters. The molecule has 2 aliphatic rings. The number of sulfonamides is 1. The zero-order valence-corrected chi connectivity index (χ0v) is 18.2. The van der Waals surface area contributed by atoms with E-state index >= 15 is 0 Å². The first-order valence-electron chi connectivity index (χ1n) is 10.2. The third-order valence-electron chi connectivity index (χ3n) is 6.53. The van der Waals surface area contributed by atoms with E-state index < -0.39 is 27.6 Å². The van der Waals surface area contributed by atoms with Crippen LogP contribution in [0.15, 0.2) is 12.1 Å². The largest absolute Gasteiger partial charge is 0.511 e. The zero-order chi connectivity index (χ0) is 22.4. The van der Waals surface area contributed by atoms with Crippen LogP contribution in [0.1, 0.15) is 53.9 Å². The molecule has 1 aliphatic carbocycles. The SMILES string of the molecule is Cc1cc(C)c(C2C(=O)CC(CC3CCN(S(=O)(=O)C(F)(F)F)CC3)C2O)c(C)c1. The van der Waals surface area contributed by atoms with Crippen molar-refractivity contribution in [2.45, 2.75) is 64.0 Å². The quantitative estimate of drug-likeness (QED) is 0.766. The molecule has 30 heavy (non-hydrogen) atoms. The van der Waals surface area contributed by atoms with Gasteiger partial charge in [0.05, 0.1) is 12.0 Å². The van der Waals surface area contributed by atoms with Crippen LogP contribution in [-0.4, -0.2) is 48.3 Å². The highest BCUT2D eigenvalue weighted by Crippen LogP contribution is 2.43. The van der Waals surface area contributed by atoms with E-state index in [4.69, 9.17) is 0 Å². The Hall–Kier alpha value is -1.45. The number of hydrogen-bond donors (Lipinski definition) is 1. The summed E-state index contributed by atoms with van der Waals surface area (Å²) in [6, 6.07) is 3.99. The van der Waals surface area contributed by atoms with Crippen LogP contribution in [0.25, 0.3) is 0 Å². The minimum atomic E-state index is -5.30. The number of carbonyl (C=O) groups excluding carboxylic acids is 1. The molecule has 0 aromatic heterocycles. The molecule has 3 atom stereocenters. The van der Waals surface area contributed by atoms with E-state index in [1.165, 1.54) is 0 Å². The van der Waals surface area contributed by atoms with Crippen LogP contribution in [0.5, 0.6) is 0 Å². The molecule has 1 saturated carbocycles. The average Bonchev–Trinajstić information content (AvgIpc) is 2.88. The number of hydrogen-bond acceptors (Lipinski definition) is 4. The molecule has 1 heterocycles. The van der Waals surface area contributed by atoms with E-state index in [1.54, 1.807) is 0 Å². The summed E-state index contributed by atoms with van der Waals surface area (Å²) in [5.41, 5.74) is -1.39. The van der Waals surface area contributed by atoms with Crippen molar-refractivity contribution in [1.29, 1.82) is 0 Å². The van der Waals surface area contributed by atoms with Gasteiger partial charge in [-0.1, -0.05) is 17.7 Å². The van der Waals surface area contributed by atoms with Crippen LogP contribution in [0.2, 0.25) is 0 Å². The number of rotatable bonds is 4. The van der Waals surface area contributed by atoms with Crippen molar-refractivity contribution < 1.29 is 31.5 Å². The number of piperidine rings is 1. The second-order valence-electron chi connectivity index (χ2n) is 8.74. The maximum absolute atomic E-state index is 12.7. The van der Waals surface area contributed by atoms with Crippen molar-refractivity contribution in [3.05, 3.63) is 34.4 Å². The number of aryl methyl sites for hydroxylation is 3. The number of alkyl halides is 3. The van der Waals surface area contributed by atoms with Gasteiger partial charge in [0.15, 0.2) is 0 Å². The van der Waals surface area contributed by atoms with Gasteiger partial charge in [0.2, 0.25) is 0 Å². The summed E-state index contributed by atoms with van der Waals surface area (Å²) in [5.74, 6) is -0.879. The lowest BCUT2D eigenvalue weighted by molar-refractivity contribution is -0.119. The molecule has 1 aliphatic heterocycles. The highest BCUT2D eigenvalue weighted by atomic mass is 32.2. The van der Waals surface area contributed by atoms with Crippen LogP contribution < -0.4 is 0 Å². The first kappa shape index (κ1) is 23.2. The van der Waals surface area contributed by atoms with Gasteiger partial charge in [-0.25, -0.2) is 8.42 Å². The molecule has 168 valence electrons. The van der Waals surface area contributed by atoms with E-state index in [0.29, 0.717) is 23.6 Å². The smallest absolute Gasteiger partial charge is 0.392 e. The first-order chi connectivity index (χ1) is 13.8. The Kier molecular flexibility index (Phi) is 6.38. The molecular weight excluding hydrogens is 419 g/mol. The fourth-order valence-electron chi connectivity index (χ4n) is 5.16. The molecule has 5 nitrogen and oxygen atoms in total.